The zero-order valence-electron chi connectivity index (χ0n) is 18.6. The van der Waals surface area contributed by atoms with Gasteiger partial charge in [-0.15, -0.1) is 0 Å². The lowest BCUT2D eigenvalue weighted by molar-refractivity contribution is 0.212. The predicted octanol–water partition coefficient (Wildman–Crippen LogP) is 4.89. The van der Waals surface area contributed by atoms with Crippen LogP contribution >= 0.6 is 15.9 Å². The molecule has 5 nitrogen and oxygen atoms in total. The van der Waals surface area contributed by atoms with Crippen molar-refractivity contribution in [1.82, 2.24) is 14.5 Å². The molecule has 174 valence electrons. The summed E-state index contributed by atoms with van der Waals surface area (Å²) in [7, 11) is 1.75. The second kappa shape index (κ2) is 9.27. The van der Waals surface area contributed by atoms with Crippen molar-refractivity contribution in [2.45, 2.75) is 6.04 Å². The van der Waals surface area contributed by atoms with Crippen LogP contribution in [0.1, 0.15) is 17.2 Å². The van der Waals surface area contributed by atoms with Gasteiger partial charge in [0.05, 0.1) is 17.2 Å². The smallest absolute Gasteiger partial charge is 0.252 e. The van der Waals surface area contributed by atoms with Crippen molar-refractivity contribution < 1.29 is 8.78 Å². The summed E-state index contributed by atoms with van der Waals surface area (Å²) >= 11 is 3.45. The van der Waals surface area contributed by atoms with Crippen LogP contribution in [0, 0.1) is 11.6 Å². The average Bonchev–Trinajstić information content (AvgIpc) is 2.84. The molecule has 1 aliphatic rings. The molecule has 1 fully saturated rings. The minimum Gasteiger partial charge on any atom is -0.367 e. The molecule has 0 bridgehead atoms. The van der Waals surface area contributed by atoms with Gasteiger partial charge in [0.25, 0.3) is 5.56 Å². The van der Waals surface area contributed by atoms with E-state index in [0.717, 1.165) is 27.8 Å². The molecule has 0 atom stereocenters. The Morgan fingerprint density at radius 2 is 1.41 bits per heavy atom. The second-order valence-corrected chi connectivity index (χ2v) is 9.27. The maximum atomic E-state index is 13.6. The van der Waals surface area contributed by atoms with Crippen molar-refractivity contribution in [2.24, 2.45) is 7.05 Å². The van der Waals surface area contributed by atoms with Gasteiger partial charge < -0.3 is 9.47 Å². The van der Waals surface area contributed by atoms with Crippen molar-refractivity contribution in [3.63, 3.8) is 0 Å². The lowest BCUT2D eigenvalue weighted by Crippen LogP contribution is -2.48. The van der Waals surface area contributed by atoms with E-state index in [9.17, 15) is 13.6 Å². The van der Waals surface area contributed by atoms with Gasteiger partial charge in [-0.3, -0.25) is 9.69 Å². The first-order chi connectivity index (χ1) is 16.4. The van der Waals surface area contributed by atoms with E-state index in [-0.39, 0.29) is 23.2 Å². The molecule has 5 rings (SSSR count). The Balaban J connectivity index is 1.46. The Morgan fingerprint density at radius 3 is 1.97 bits per heavy atom. The van der Waals surface area contributed by atoms with Gasteiger partial charge in [-0.05, 0) is 63.5 Å². The molecule has 0 spiro atoms. The van der Waals surface area contributed by atoms with E-state index in [4.69, 9.17) is 0 Å². The summed E-state index contributed by atoms with van der Waals surface area (Å²) < 4.78 is 29.5. The van der Waals surface area contributed by atoms with Crippen LogP contribution in [-0.2, 0) is 7.05 Å². The van der Waals surface area contributed by atoms with E-state index >= 15 is 0 Å². The lowest BCUT2D eigenvalue weighted by atomic mass is 9.96. The van der Waals surface area contributed by atoms with Crippen LogP contribution in [0.4, 0.5) is 14.5 Å². The predicted molar refractivity (Wildman–Crippen MR) is 133 cm³/mol. The third kappa shape index (κ3) is 4.35. The van der Waals surface area contributed by atoms with Gasteiger partial charge in [0.2, 0.25) is 0 Å². The molecule has 3 heterocycles. The van der Waals surface area contributed by atoms with Crippen LogP contribution < -0.4 is 10.5 Å². The molecule has 0 amide bonds. The van der Waals surface area contributed by atoms with Crippen LogP contribution in [-0.4, -0.2) is 40.6 Å². The van der Waals surface area contributed by atoms with Gasteiger partial charge >= 0.3 is 0 Å². The van der Waals surface area contributed by atoms with Crippen molar-refractivity contribution >= 4 is 32.7 Å². The minimum atomic E-state index is -0.289. The number of anilines is 1. The molecule has 0 radical (unpaired) electrons. The first-order valence-electron chi connectivity index (χ1n) is 11.1. The second-order valence-electron chi connectivity index (χ2n) is 8.46. The lowest BCUT2D eigenvalue weighted by Gasteiger charge is -2.40. The Labute approximate surface area is 204 Å². The van der Waals surface area contributed by atoms with Gasteiger partial charge in [0.15, 0.2) is 0 Å². The molecule has 8 heteroatoms. The molecule has 0 unspecified atom stereocenters. The van der Waals surface area contributed by atoms with E-state index in [2.05, 4.69) is 30.7 Å². The number of hydrogen-bond acceptors (Lipinski definition) is 4. The van der Waals surface area contributed by atoms with Gasteiger partial charge in [0, 0.05) is 39.3 Å². The summed E-state index contributed by atoms with van der Waals surface area (Å²) in [6.07, 6.45) is 0. The quantitative estimate of drug-likeness (QED) is 0.356. The van der Waals surface area contributed by atoms with Crippen molar-refractivity contribution in [3.05, 3.63) is 104 Å². The fraction of sp³-hybridized carbons (Fsp3) is 0.231. The maximum absolute atomic E-state index is 13.6. The molecular weight excluding hydrogens is 502 g/mol. The van der Waals surface area contributed by atoms with E-state index in [1.165, 1.54) is 24.3 Å². The summed E-state index contributed by atoms with van der Waals surface area (Å²) in [4.78, 5) is 21.7. The highest BCUT2D eigenvalue weighted by Gasteiger charge is 2.28. The number of aryl methyl sites for hydroxylation is 1. The molecule has 0 saturated carbocycles. The molecule has 2 aromatic heterocycles. The highest BCUT2D eigenvalue weighted by atomic mass is 79.9. The zero-order valence-corrected chi connectivity index (χ0v) is 20.2. The number of pyridine rings is 2. The third-order valence-corrected chi connectivity index (χ3v) is 6.87. The highest BCUT2D eigenvalue weighted by Crippen LogP contribution is 2.32. The van der Waals surface area contributed by atoms with Crippen LogP contribution in [0.3, 0.4) is 0 Å². The van der Waals surface area contributed by atoms with Gasteiger partial charge in [-0.25, -0.2) is 13.8 Å². The van der Waals surface area contributed by atoms with Crippen LogP contribution in [0.15, 0.2) is 76.1 Å². The zero-order chi connectivity index (χ0) is 23.8. The van der Waals surface area contributed by atoms with E-state index in [1.54, 1.807) is 41.9 Å². The fourth-order valence-electron chi connectivity index (χ4n) is 4.65. The summed E-state index contributed by atoms with van der Waals surface area (Å²) in [5.41, 5.74) is 4.20. The molecule has 0 N–H and O–H groups in total. The molecule has 1 saturated heterocycles. The minimum absolute atomic E-state index is 0.0791. The topological polar surface area (TPSA) is 41.4 Å². The molecular formula is C26H23BrF2N4O. The summed E-state index contributed by atoms with van der Waals surface area (Å²) in [6.45, 7) is 2.80. The fourth-order valence-corrected chi connectivity index (χ4v) is 4.96. The van der Waals surface area contributed by atoms with Crippen molar-refractivity contribution in [1.29, 1.82) is 0 Å². The number of halogens is 3. The Hall–Kier alpha value is -3.10. The summed E-state index contributed by atoms with van der Waals surface area (Å²) in [5.74, 6) is -0.578. The standard InChI is InChI=1S/C26H23BrF2N4O/c1-31-21-10-11-23(27)30-25(21)22(16-24(31)34)32-12-14-33(15-13-32)26(17-2-6-19(28)7-3-17)18-4-8-20(29)9-5-18/h2-11,16,26H,12-15H2,1H3. The number of aromatic nitrogens is 2. The van der Waals surface area contributed by atoms with E-state index in [0.29, 0.717) is 30.8 Å². The van der Waals surface area contributed by atoms with Crippen molar-refractivity contribution in [3.8, 4) is 0 Å². The number of piperazine rings is 1. The SMILES string of the molecule is Cn1c(=O)cc(N2CCN(C(c3ccc(F)cc3)c3ccc(F)cc3)CC2)c2nc(Br)ccc21. The Bertz CT molecular complexity index is 1340. The van der Waals surface area contributed by atoms with Gasteiger partial charge in [-0.1, -0.05) is 24.3 Å². The van der Waals surface area contributed by atoms with Crippen LogP contribution in [0.2, 0.25) is 0 Å². The molecule has 4 aromatic rings. The van der Waals surface area contributed by atoms with Crippen molar-refractivity contribution in [2.75, 3.05) is 31.1 Å². The molecule has 2 aromatic carbocycles. The average molecular weight is 525 g/mol. The number of hydrogen-bond donors (Lipinski definition) is 0. The number of benzene rings is 2. The first kappa shape index (κ1) is 22.7. The van der Waals surface area contributed by atoms with E-state index < -0.39 is 0 Å². The maximum Gasteiger partial charge on any atom is 0.252 e. The summed E-state index contributed by atoms with van der Waals surface area (Å²) in [6, 6.07) is 18.2. The molecule has 0 aliphatic carbocycles. The normalized spacial score (nSPS) is 14.8. The Morgan fingerprint density at radius 1 is 0.853 bits per heavy atom. The number of nitrogens with zero attached hydrogens (tertiary/aromatic N) is 4. The largest absolute Gasteiger partial charge is 0.367 e. The third-order valence-electron chi connectivity index (χ3n) is 6.43. The molecule has 34 heavy (non-hydrogen) atoms. The van der Waals surface area contributed by atoms with Crippen LogP contribution in [0.5, 0.6) is 0 Å². The highest BCUT2D eigenvalue weighted by molar-refractivity contribution is 9.10. The van der Waals surface area contributed by atoms with Crippen LogP contribution in [0.25, 0.3) is 11.0 Å². The number of rotatable bonds is 4. The van der Waals surface area contributed by atoms with Gasteiger partial charge in [0.1, 0.15) is 21.8 Å². The monoisotopic (exact) mass is 524 g/mol. The summed E-state index contributed by atoms with van der Waals surface area (Å²) in [5, 5.41) is 0. The van der Waals surface area contributed by atoms with E-state index in [1.807, 2.05) is 12.1 Å². The van der Waals surface area contributed by atoms with Gasteiger partial charge in [-0.2, -0.15) is 0 Å². The Kier molecular flexibility index (Phi) is 6.18. The molecule has 1 aliphatic heterocycles. The first-order valence-corrected chi connectivity index (χ1v) is 11.9. The number of fused-ring (bicyclic) bond motifs is 1.